The summed E-state index contributed by atoms with van der Waals surface area (Å²) in [5.41, 5.74) is 1.14. The average molecular weight is 583 g/mol. The van der Waals surface area contributed by atoms with E-state index >= 15 is 0 Å². The van der Waals surface area contributed by atoms with Gasteiger partial charge in [-0.25, -0.2) is 9.37 Å². The van der Waals surface area contributed by atoms with E-state index in [0.717, 1.165) is 19.2 Å². The normalized spacial score (nSPS) is 14.7. The Bertz CT molecular complexity index is 1630. The van der Waals surface area contributed by atoms with Crippen LogP contribution in [0.3, 0.4) is 0 Å². The van der Waals surface area contributed by atoms with E-state index < -0.39 is 23.5 Å². The van der Waals surface area contributed by atoms with E-state index in [-0.39, 0.29) is 41.3 Å². The summed E-state index contributed by atoms with van der Waals surface area (Å²) in [7, 11) is 1.97. The Morgan fingerprint density at radius 2 is 1.74 bits per heavy atom. The number of hydrogen-bond acceptors (Lipinski definition) is 6. The van der Waals surface area contributed by atoms with Gasteiger partial charge < -0.3 is 20.5 Å². The van der Waals surface area contributed by atoms with Crippen LogP contribution in [0.5, 0.6) is 0 Å². The first kappa shape index (κ1) is 29.2. The van der Waals surface area contributed by atoms with Gasteiger partial charge in [0.1, 0.15) is 11.5 Å². The maximum absolute atomic E-state index is 14.6. The summed E-state index contributed by atoms with van der Waals surface area (Å²) < 4.78 is 56.4. The molecule has 220 valence electrons. The topological polar surface area (TPSA) is 93.4 Å². The molecule has 1 aliphatic rings. The highest BCUT2D eigenvalue weighted by Crippen LogP contribution is 2.34. The fourth-order valence-electron chi connectivity index (χ4n) is 4.86. The Morgan fingerprint density at radius 1 is 0.976 bits per heavy atom. The van der Waals surface area contributed by atoms with Gasteiger partial charge in [-0.1, -0.05) is 6.07 Å². The number of ketones is 1. The Morgan fingerprint density at radius 3 is 2.45 bits per heavy atom. The number of likely N-dealkylation sites (N-methyl/N-ethyl adjacent to an activating group) is 1. The lowest BCUT2D eigenvalue weighted by atomic mass is 10.0. The first-order valence-electron chi connectivity index (χ1n) is 13.4. The van der Waals surface area contributed by atoms with E-state index in [9.17, 15) is 27.2 Å². The highest BCUT2D eigenvalue weighted by Gasteiger charge is 2.34. The molecule has 0 bridgehead atoms. The molecule has 0 unspecified atom stereocenters. The highest BCUT2D eigenvalue weighted by molar-refractivity contribution is 6.04. The number of rotatable bonds is 8. The number of aromatic amines is 1. The number of nitrogens with zero attached hydrogens (tertiary/aromatic N) is 3. The van der Waals surface area contributed by atoms with Crippen LogP contribution in [-0.4, -0.2) is 64.7 Å². The number of aromatic nitrogens is 2. The molecule has 0 aliphatic carbocycles. The molecule has 5 rings (SSSR count). The van der Waals surface area contributed by atoms with Crippen molar-refractivity contribution in [1.82, 2.24) is 19.8 Å². The predicted molar refractivity (Wildman–Crippen MR) is 152 cm³/mol. The zero-order valence-electron chi connectivity index (χ0n) is 23.1. The van der Waals surface area contributed by atoms with Crippen molar-refractivity contribution < 1.29 is 27.2 Å². The van der Waals surface area contributed by atoms with Crippen molar-refractivity contribution in [3.05, 3.63) is 88.5 Å². The number of alkyl halides is 3. The number of Topliss-reactive ketones (excluding diaryl/α,β-unsaturated/α-hetero) is 1. The highest BCUT2D eigenvalue weighted by atomic mass is 19.4. The van der Waals surface area contributed by atoms with Crippen LogP contribution in [0.2, 0.25) is 0 Å². The van der Waals surface area contributed by atoms with Gasteiger partial charge >= 0.3 is 6.18 Å². The molecule has 12 heteroatoms. The molecule has 3 heterocycles. The predicted octanol–water partition coefficient (Wildman–Crippen LogP) is 5.54. The van der Waals surface area contributed by atoms with E-state index in [1.807, 2.05) is 11.9 Å². The third-order valence-corrected chi connectivity index (χ3v) is 7.30. The molecular weight excluding hydrogens is 552 g/mol. The molecule has 8 nitrogen and oxygen atoms in total. The van der Waals surface area contributed by atoms with Crippen molar-refractivity contribution in [2.24, 2.45) is 0 Å². The van der Waals surface area contributed by atoms with Crippen molar-refractivity contribution in [2.45, 2.75) is 26.2 Å². The van der Waals surface area contributed by atoms with Crippen LogP contribution in [0.15, 0.2) is 54.7 Å². The van der Waals surface area contributed by atoms with Gasteiger partial charge in [0, 0.05) is 68.4 Å². The Balaban J connectivity index is 1.28. The number of H-pyrrole nitrogens is 1. The van der Waals surface area contributed by atoms with Crippen molar-refractivity contribution in [2.75, 3.05) is 43.9 Å². The van der Waals surface area contributed by atoms with Crippen LogP contribution in [0, 0.1) is 5.82 Å². The minimum absolute atomic E-state index is 0.0475. The van der Waals surface area contributed by atoms with Gasteiger partial charge in [-0.05, 0) is 55.1 Å². The van der Waals surface area contributed by atoms with Crippen LogP contribution in [-0.2, 0) is 19.3 Å². The van der Waals surface area contributed by atoms with Crippen LogP contribution in [0.25, 0.3) is 11.0 Å². The number of pyridine rings is 1. The average Bonchev–Trinajstić information content (AvgIpc) is 3.38. The number of carbonyl (C=O) groups excluding carboxylic acids is 2. The van der Waals surface area contributed by atoms with Crippen LogP contribution in [0.4, 0.5) is 28.9 Å². The number of piperazine rings is 1. The van der Waals surface area contributed by atoms with Crippen LogP contribution < -0.4 is 10.6 Å². The summed E-state index contributed by atoms with van der Waals surface area (Å²) in [5, 5.41) is 6.35. The Kier molecular flexibility index (Phi) is 8.28. The molecule has 1 fully saturated rings. The van der Waals surface area contributed by atoms with Crippen molar-refractivity contribution in [1.29, 1.82) is 0 Å². The summed E-state index contributed by atoms with van der Waals surface area (Å²) >= 11 is 0. The standard InChI is InChI=1S/C30H30F4N6O2/c1-18(41)27-14-21-11-24(16-36-28(21)38-27)35-15-22-12-23(5-6-26(22)31)37-29(42)19-3-4-20(25(13-19)30(32,33)34)17-40-9-7-39(2)8-10-40/h3-6,11-14,16,35H,7-10,15,17H2,1-2H3,(H,36,38)(H,37,42). The second-order valence-corrected chi connectivity index (χ2v) is 10.5. The first-order chi connectivity index (χ1) is 20.0. The lowest BCUT2D eigenvalue weighted by molar-refractivity contribution is -0.138. The van der Waals surface area contributed by atoms with Gasteiger partial charge in [0.25, 0.3) is 5.91 Å². The van der Waals surface area contributed by atoms with Crippen molar-refractivity contribution >= 4 is 34.1 Å². The molecular formula is C30H30F4N6O2. The minimum atomic E-state index is -4.63. The maximum atomic E-state index is 14.6. The van der Waals surface area contributed by atoms with Crippen LogP contribution >= 0.6 is 0 Å². The van der Waals surface area contributed by atoms with Gasteiger partial charge in [0.05, 0.1) is 23.1 Å². The molecule has 42 heavy (non-hydrogen) atoms. The fourth-order valence-corrected chi connectivity index (χ4v) is 4.86. The van der Waals surface area contributed by atoms with E-state index in [1.165, 1.54) is 43.5 Å². The molecule has 3 N–H and O–H groups in total. The monoisotopic (exact) mass is 582 g/mol. The molecule has 4 aromatic rings. The van der Waals surface area contributed by atoms with Gasteiger partial charge in [0.15, 0.2) is 5.78 Å². The van der Waals surface area contributed by atoms with Gasteiger partial charge in [0.2, 0.25) is 0 Å². The number of amides is 1. The minimum Gasteiger partial charge on any atom is -0.380 e. The van der Waals surface area contributed by atoms with E-state index in [4.69, 9.17) is 0 Å². The number of carbonyl (C=O) groups is 2. The van der Waals surface area contributed by atoms with E-state index in [2.05, 4.69) is 25.5 Å². The van der Waals surface area contributed by atoms with E-state index in [1.54, 1.807) is 12.1 Å². The third-order valence-electron chi connectivity index (χ3n) is 7.30. The lowest BCUT2D eigenvalue weighted by Crippen LogP contribution is -2.44. The van der Waals surface area contributed by atoms with Gasteiger partial charge in [-0.3, -0.25) is 14.5 Å². The van der Waals surface area contributed by atoms with Crippen LogP contribution in [0.1, 0.15) is 44.5 Å². The number of hydrogen-bond donors (Lipinski definition) is 3. The van der Waals surface area contributed by atoms with E-state index in [0.29, 0.717) is 35.5 Å². The molecule has 0 saturated carbocycles. The lowest BCUT2D eigenvalue weighted by Gasteiger charge is -2.33. The van der Waals surface area contributed by atoms with Gasteiger partial charge in [-0.15, -0.1) is 0 Å². The summed E-state index contributed by atoms with van der Waals surface area (Å²) in [5.74, 6) is -1.39. The number of benzene rings is 2. The smallest absolute Gasteiger partial charge is 0.380 e. The molecule has 1 saturated heterocycles. The van der Waals surface area contributed by atoms with Crippen molar-refractivity contribution in [3.63, 3.8) is 0 Å². The zero-order valence-corrected chi connectivity index (χ0v) is 23.1. The fraction of sp³-hybridized carbons (Fsp3) is 0.300. The number of halogens is 4. The number of nitrogens with one attached hydrogen (secondary N) is 3. The Hall–Kier alpha value is -4.29. The molecule has 0 atom stereocenters. The molecule has 0 radical (unpaired) electrons. The second kappa shape index (κ2) is 11.9. The summed E-state index contributed by atoms with van der Waals surface area (Å²) in [4.78, 5) is 35.8. The first-order valence-corrected chi connectivity index (χ1v) is 13.4. The number of anilines is 2. The SMILES string of the molecule is CC(=O)c1cc2cc(NCc3cc(NC(=O)c4ccc(CN5CCN(C)CC5)c(C(F)(F)F)c4)ccc3F)cnc2[nH]1. The third kappa shape index (κ3) is 6.77. The molecule has 2 aromatic carbocycles. The summed E-state index contributed by atoms with van der Waals surface area (Å²) in [6, 6.07) is 11.0. The molecule has 1 aliphatic heterocycles. The van der Waals surface area contributed by atoms with Crippen molar-refractivity contribution in [3.8, 4) is 0 Å². The second-order valence-electron chi connectivity index (χ2n) is 10.5. The summed E-state index contributed by atoms with van der Waals surface area (Å²) in [6.07, 6.45) is -3.09. The zero-order chi connectivity index (χ0) is 30.0. The molecule has 2 aromatic heterocycles. The Labute approximate surface area is 239 Å². The molecule has 0 spiro atoms. The quantitative estimate of drug-likeness (QED) is 0.187. The summed E-state index contributed by atoms with van der Waals surface area (Å²) in [6.45, 7) is 4.51. The largest absolute Gasteiger partial charge is 0.416 e. The van der Waals surface area contributed by atoms with Gasteiger partial charge in [-0.2, -0.15) is 13.2 Å². The maximum Gasteiger partial charge on any atom is 0.416 e. The number of fused-ring (bicyclic) bond motifs is 1. The molecule has 1 amide bonds.